The first-order valence-electron chi connectivity index (χ1n) is 11.3. The van der Waals surface area contributed by atoms with Gasteiger partial charge in [-0.25, -0.2) is 13.6 Å². The highest BCUT2D eigenvalue weighted by Gasteiger charge is 2.35. The number of esters is 1. The monoisotopic (exact) mass is 487 g/mol. The van der Waals surface area contributed by atoms with Gasteiger partial charge in [0, 0.05) is 18.7 Å². The lowest BCUT2D eigenvalue weighted by molar-refractivity contribution is -0.388. The first-order chi connectivity index (χ1) is 16.1. The van der Waals surface area contributed by atoms with E-state index in [-0.39, 0.29) is 6.61 Å². The van der Waals surface area contributed by atoms with Crippen molar-refractivity contribution in [3.63, 3.8) is 0 Å². The van der Waals surface area contributed by atoms with E-state index in [2.05, 4.69) is 5.10 Å². The predicted molar refractivity (Wildman–Crippen MR) is 123 cm³/mol. The van der Waals surface area contributed by atoms with Gasteiger partial charge in [-0.15, -0.1) is 0 Å². The van der Waals surface area contributed by atoms with Crippen LogP contribution in [0.15, 0.2) is 10.7 Å². The Bertz CT molecular complexity index is 927. The van der Waals surface area contributed by atoms with Crippen LogP contribution in [-0.2, 0) is 9.53 Å². The fourth-order valence-electron chi connectivity index (χ4n) is 2.93. The second-order valence-corrected chi connectivity index (χ2v) is 7.70. The molecule has 1 aromatic carbocycles. The third-order valence-electron chi connectivity index (χ3n) is 5.03. The quantitative estimate of drug-likeness (QED) is 0.0518. The summed E-state index contributed by atoms with van der Waals surface area (Å²) >= 11 is 0. The number of carbonyl (C=O) groups excluding carboxylic acids is 1. The fourth-order valence-corrected chi connectivity index (χ4v) is 2.93. The molecule has 1 N–H and O–H groups in total. The van der Waals surface area contributed by atoms with E-state index in [1.807, 2.05) is 20.8 Å². The molecule has 0 aliphatic carbocycles. The van der Waals surface area contributed by atoms with Gasteiger partial charge in [-0.3, -0.25) is 15.1 Å². The van der Waals surface area contributed by atoms with Gasteiger partial charge < -0.3 is 9.84 Å². The van der Waals surface area contributed by atoms with E-state index in [9.17, 15) is 33.2 Å². The van der Waals surface area contributed by atoms with Crippen molar-refractivity contribution in [2.45, 2.75) is 66.2 Å². The molecule has 0 heterocycles. The summed E-state index contributed by atoms with van der Waals surface area (Å²) in [4.78, 5) is 22.7. The lowest BCUT2D eigenvalue weighted by Gasteiger charge is -2.18. The fraction of sp³-hybridized carbons (Fsp3) is 0.565. The van der Waals surface area contributed by atoms with E-state index in [0.29, 0.717) is 25.9 Å². The van der Waals surface area contributed by atoms with E-state index in [4.69, 9.17) is 4.74 Å². The average molecular weight is 488 g/mol. The molecule has 0 bridgehead atoms. The maximum atomic E-state index is 14.9. The Morgan fingerprint density at radius 1 is 1.06 bits per heavy atom. The van der Waals surface area contributed by atoms with Crippen LogP contribution in [0.25, 0.3) is 5.76 Å². The molecule has 0 saturated heterocycles. The molecule has 0 aliphatic heterocycles. The number of ether oxygens (including phenoxy) is 1. The van der Waals surface area contributed by atoms with E-state index in [0.717, 1.165) is 38.8 Å². The molecule has 34 heavy (non-hydrogen) atoms. The smallest absolute Gasteiger partial charge is 0.343 e. The number of aliphatic hydroxyl groups excluding tert-OH is 1. The normalized spacial score (nSPS) is 12.1. The highest BCUT2D eigenvalue weighted by atomic mass is 19.2. The van der Waals surface area contributed by atoms with E-state index in [1.165, 1.54) is 0 Å². The van der Waals surface area contributed by atoms with Crippen LogP contribution >= 0.6 is 0 Å². The molecule has 0 radical (unpaired) electrons. The maximum Gasteiger partial charge on any atom is 0.343 e. The molecule has 0 spiro atoms. The molecule has 8 nitrogen and oxygen atoms in total. The summed E-state index contributed by atoms with van der Waals surface area (Å²) < 4.78 is 48.3. The van der Waals surface area contributed by atoms with E-state index in [1.54, 1.807) is 5.01 Å². The lowest BCUT2D eigenvalue weighted by Crippen LogP contribution is -2.22. The molecule has 1 aromatic rings. The van der Waals surface area contributed by atoms with Crippen LogP contribution in [0.5, 0.6) is 0 Å². The van der Waals surface area contributed by atoms with Gasteiger partial charge in [0.2, 0.25) is 5.82 Å². The van der Waals surface area contributed by atoms with Gasteiger partial charge in [0.1, 0.15) is 22.7 Å². The number of benzene rings is 1. The zero-order valence-electron chi connectivity index (χ0n) is 20.0. The Hall–Kier alpha value is -3.11. The Morgan fingerprint density at radius 3 is 2.12 bits per heavy atom. The van der Waals surface area contributed by atoms with Crippen molar-refractivity contribution in [2.24, 2.45) is 5.10 Å². The highest BCUT2D eigenvalue weighted by Crippen LogP contribution is 2.35. The van der Waals surface area contributed by atoms with Crippen LogP contribution in [-0.4, -0.2) is 46.9 Å². The van der Waals surface area contributed by atoms with Crippen molar-refractivity contribution in [3.8, 4) is 0 Å². The summed E-state index contributed by atoms with van der Waals surface area (Å²) in [5.74, 6) is -7.66. The minimum atomic E-state index is -1.95. The number of aliphatic hydroxyl groups is 1. The summed E-state index contributed by atoms with van der Waals surface area (Å²) in [5, 5.41) is 28.0. The molecule has 0 saturated carbocycles. The van der Waals surface area contributed by atoms with Gasteiger partial charge in [0.05, 0.1) is 17.7 Å². The molecule has 0 aromatic heterocycles. The van der Waals surface area contributed by atoms with Crippen molar-refractivity contribution >= 4 is 23.6 Å². The molecule has 11 heteroatoms. The van der Waals surface area contributed by atoms with Gasteiger partial charge in [-0.05, 0) is 26.2 Å². The Kier molecular flexibility index (Phi) is 12.1. The van der Waals surface area contributed by atoms with Crippen LogP contribution in [0.3, 0.4) is 0 Å². The molecule has 0 aliphatic rings. The summed E-state index contributed by atoms with van der Waals surface area (Å²) in [5.41, 5.74) is -4.46. The van der Waals surface area contributed by atoms with Gasteiger partial charge in [-0.1, -0.05) is 40.0 Å². The number of hydrazone groups is 1. The van der Waals surface area contributed by atoms with Crippen LogP contribution in [0, 0.1) is 34.5 Å². The maximum absolute atomic E-state index is 14.9. The van der Waals surface area contributed by atoms with Gasteiger partial charge in [0.25, 0.3) is 0 Å². The van der Waals surface area contributed by atoms with Gasteiger partial charge in [-0.2, -0.15) is 9.49 Å². The Labute approximate surface area is 197 Å². The summed E-state index contributed by atoms with van der Waals surface area (Å²) in [6.45, 7) is 7.71. The van der Waals surface area contributed by atoms with E-state index < -0.39 is 56.5 Å². The van der Waals surface area contributed by atoms with Crippen molar-refractivity contribution < 1.29 is 32.7 Å². The summed E-state index contributed by atoms with van der Waals surface area (Å²) in [6.07, 6.45) is 5.42. The number of hydrogen-bond donors (Lipinski definition) is 1. The third kappa shape index (κ3) is 7.46. The van der Waals surface area contributed by atoms with E-state index >= 15 is 0 Å². The molecule has 190 valence electrons. The summed E-state index contributed by atoms with van der Waals surface area (Å²) in [7, 11) is 0. The number of nitro benzene ring substituents is 1. The first kappa shape index (κ1) is 28.9. The number of carbonyl (C=O) groups is 1. The Morgan fingerprint density at radius 2 is 1.62 bits per heavy atom. The number of nitrogens with zero attached hydrogens (tertiary/aromatic N) is 3. The molecular weight excluding hydrogens is 455 g/mol. The second kappa shape index (κ2) is 14.2. The molecule has 1 rings (SSSR count). The van der Waals surface area contributed by atoms with Crippen LogP contribution in [0.4, 0.5) is 18.9 Å². The largest absolute Gasteiger partial charge is 0.506 e. The molecule has 0 amide bonds. The Balaban J connectivity index is 3.70. The van der Waals surface area contributed by atoms with Crippen molar-refractivity contribution in [1.82, 2.24) is 5.01 Å². The lowest BCUT2D eigenvalue weighted by atomic mass is 10.0. The van der Waals surface area contributed by atoms with Gasteiger partial charge >= 0.3 is 11.7 Å². The minimum Gasteiger partial charge on any atom is -0.506 e. The highest BCUT2D eigenvalue weighted by molar-refractivity contribution is 6.15. The number of nitro groups is 1. The standard InChI is InChI=1S/C23H32F3N3O5/c1-5-8-11-28(12-9-6-2)27-14-16(23(31)34-13-10-7-3)22(30)17-18(24)15(4)19(25)20(26)21(17)29(32)33/h14,30H,5-13H2,1-4H3. The first-order valence-corrected chi connectivity index (χ1v) is 11.3. The zero-order chi connectivity index (χ0) is 25.8. The number of unbranched alkanes of at least 4 members (excludes halogenated alkanes) is 3. The topological polar surface area (TPSA) is 105 Å². The van der Waals surface area contributed by atoms with Crippen molar-refractivity contribution in [3.05, 3.63) is 44.3 Å². The number of hydrogen-bond acceptors (Lipinski definition) is 7. The van der Waals surface area contributed by atoms with Crippen molar-refractivity contribution in [2.75, 3.05) is 19.7 Å². The minimum absolute atomic E-state index is 0.0310. The SMILES string of the molecule is CCCCOC(=O)C(C=NN(CCCC)CCCC)=C(O)c1c(F)c(C)c(F)c(F)c1[N+](=O)[O-]. The van der Waals surface area contributed by atoms with Crippen LogP contribution < -0.4 is 0 Å². The molecular formula is C23H32F3N3O5. The zero-order valence-corrected chi connectivity index (χ0v) is 20.0. The molecule has 0 atom stereocenters. The molecule has 0 fully saturated rings. The third-order valence-corrected chi connectivity index (χ3v) is 5.03. The predicted octanol–water partition coefficient (Wildman–Crippen LogP) is 5.82. The number of halogens is 3. The average Bonchev–Trinajstić information content (AvgIpc) is 2.80. The second-order valence-electron chi connectivity index (χ2n) is 7.70. The summed E-state index contributed by atoms with van der Waals surface area (Å²) in [6, 6.07) is 0. The van der Waals surface area contributed by atoms with Gasteiger partial charge in [0.15, 0.2) is 5.82 Å². The van der Waals surface area contributed by atoms with Crippen LogP contribution in [0.2, 0.25) is 0 Å². The van der Waals surface area contributed by atoms with Crippen molar-refractivity contribution in [1.29, 1.82) is 0 Å². The number of rotatable bonds is 14. The van der Waals surface area contributed by atoms with Crippen LogP contribution in [0.1, 0.15) is 70.4 Å². The molecule has 0 unspecified atom stereocenters.